The minimum absolute atomic E-state index is 0.863. The quantitative estimate of drug-likeness (QED) is 0.720. The molecule has 2 heteroatoms. The number of alkyl halides is 1. The summed E-state index contributed by atoms with van der Waals surface area (Å²) in [4.78, 5) is 0. The van der Waals surface area contributed by atoms with E-state index >= 15 is 0 Å². The van der Waals surface area contributed by atoms with E-state index in [0.29, 0.717) is 0 Å². The molecule has 0 heterocycles. The lowest BCUT2D eigenvalue weighted by Gasteiger charge is -1.92. The zero-order valence-electron chi connectivity index (χ0n) is 5.93. The number of halogens is 2. The van der Waals surface area contributed by atoms with Gasteiger partial charge in [-0.1, -0.05) is 62.2 Å². The number of hydrogen-bond acceptors (Lipinski definition) is 0. The van der Waals surface area contributed by atoms with E-state index in [0.717, 1.165) is 9.81 Å². The first-order valence-electron chi connectivity index (χ1n) is 3.30. The van der Waals surface area contributed by atoms with Gasteiger partial charge in [0, 0.05) is 9.81 Å². The zero-order chi connectivity index (χ0) is 8.10. The SMILES string of the molecule is BrCC(Br)=Cc1ccccc1. The second-order valence-corrected chi connectivity index (χ2v) is 3.71. The van der Waals surface area contributed by atoms with Crippen molar-refractivity contribution in [2.75, 3.05) is 5.33 Å². The van der Waals surface area contributed by atoms with Gasteiger partial charge in [-0.3, -0.25) is 0 Å². The van der Waals surface area contributed by atoms with Gasteiger partial charge in [0.1, 0.15) is 0 Å². The highest BCUT2D eigenvalue weighted by Gasteiger charge is 1.88. The second kappa shape index (κ2) is 4.73. The van der Waals surface area contributed by atoms with E-state index in [4.69, 9.17) is 0 Å². The molecule has 0 nitrogen and oxygen atoms in total. The fourth-order valence-electron chi connectivity index (χ4n) is 0.769. The molecule has 0 N–H and O–H groups in total. The average Bonchev–Trinajstić information content (AvgIpc) is 2.06. The molecule has 0 fully saturated rings. The van der Waals surface area contributed by atoms with E-state index in [9.17, 15) is 0 Å². The Morgan fingerprint density at radius 1 is 1.27 bits per heavy atom. The number of rotatable bonds is 2. The highest BCUT2D eigenvalue weighted by molar-refractivity contribution is 9.13. The predicted molar refractivity (Wildman–Crippen MR) is 57.1 cm³/mol. The summed E-state index contributed by atoms with van der Waals surface area (Å²) in [5, 5.41) is 0.863. The number of benzene rings is 1. The molecule has 0 amide bonds. The summed E-state index contributed by atoms with van der Waals surface area (Å²) in [7, 11) is 0. The lowest BCUT2D eigenvalue weighted by molar-refractivity contribution is 1.64. The maximum absolute atomic E-state index is 3.43. The Balaban J connectivity index is 2.79. The van der Waals surface area contributed by atoms with Gasteiger partial charge < -0.3 is 0 Å². The van der Waals surface area contributed by atoms with Crippen molar-refractivity contribution < 1.29 is 0 Å². The Hall–Kier alpha value is -0.0800. The molecule has 58 valence electrons. The Morgan fingerprint density at radius 2 is 1.91 bits per heavy atom. The smallest absolute Gasteiger partial charge is 0.0349 e. The van der Waals surface area contributed by atoms with Crippen molar-refractivity contribution in [3.63, 3.8) is 0 Å². The molecule has 0 saturated carbocycles. The summed E-state index contributed by atoms with van der Waals surface area (Å²) in [6, 6.07) is 10.2. The maximum Gasteiger partial charge on any atom is 0.0349 e. The topological polar surface area (TPSA) is 0 Å². The van der Waals surface area contributed by atoms with Crippen molar-refractivity contribution >= 4 is 37.9 Å². The molecule has 1 aromatic rings. The Labute approximate surface area is 83.6 Å². The minimum atomic E-state index is 0.863. The molecule has 0 unspecified atom stereocenters. The Morgan fingerprint density at radius 3 is 2.45 bits per heavy atom. The van der Waals surface area contributed by atoms with Gasteiger partial charge in [-0.05, 0) is 11.6 Å². The van der Waals surface area contributed by atoms with Crippen molar-refractivity contribution in [3.8, 4) is 0 Å². The standard InChI is InChI=1S/C9H8Br2/c10-7-9(11)6-8-4-2-1-3-5-8/h1-6H,7H2. The van der Waals surface area contributed by atoms with Crippen LogP contribution in [-0.4, -0.2) is 5.33 Å². The van der Waals surface area contributed by atoms with Crippen molar-refractivity contribution in [1.29, 1.82) is 0 Å². The highest BCUT2D eigenvalue weighted by Crippen LogP contribution is 2.13. The molecule has 0 atom stereocenters. The summed E-state index contributed by atoms with van der Waals surface area (Å²) >= 11 is 6.78. The molecule has 0 aliphatic rings. The molecule has 0 aliphatic heterocycles. The average molecular weight is 276 g/mol. The van der Waals surface area contributed by atoms with Gasteiger partial charge >= 0.3 is 0 Å². The Bertz CT molecular complexity index is 239. The van der Waals surface area contributed by atoms with Gasteiger partial charge in [0.2, 0.25) is 0 Å². The van der Waals surface area contributed by atoms with Crippen LogP contribution in [0.15, 0.2) is 34.8 Å². The lowest BCUT2D eigenvalue weighted by atomic mass is 10.2. The third-order valence-corrected chi connectivity index (χ3v) is 3.12. The molecule has 1 rings (SSSR count). The van der Waals surface area contributed by atoms with Crippen LogP contribution in [0.2, 0.25) is 0 Å². The van der Waals surface area contributed by atoms with Crippen molar-refractivity contribution in [3.05, 3.63) is 40.4 Å². The molecule has 0 saturated heterocycles. The van der Waals surface area contributed by atoms with Crippen molar-refractivity contribution in [2.45, 2.75) is 0 Å². The largest absolute Gasteiger partial charge is 0.0870 e. The summed E-state index contributed by atoms with van der Waals surface area (Å²) in [6.07, 6.45) is 2.09. The van der Waals surface area contributed by atoms with Gasteiger partial charge in [-0.2, -0.15) is 0 Å². The van der Waals surface area contributed by atoms with Crippen LogP contribution in [0, 0.1) is 0 Å². The first-order chi connectivity index (χ1) is 5.33. The summed E-state index contributed by atoms with van der Waals surface area (Å²) in [5.41, 5.74) is 1.22. The number of hydrogen-bond donors (Lipinski definition) is 0. The van der Waals surface area contributed by atoms with Gasteiger partial charge in [-0.15, -0.1) is 0 Å². The van der Waals surface area contributed by atoms with E-state index < -0.39 is 0 Å². The van der Waals surface area contributed by atoms with E-state index in [1.165, 1.54) is 5.56 Å². The van der Waals surface area contributed by atoms with E-state index in [-0.39, 0.29) is 0 Å². The van der Waals surface area contributed by atoms with E-state index in [1.54, 1.807) is 0 Å². The second-order valence-electron chi connectivity index (χ2n) is 2.14. The molecule has 0 bridgehead atoms. The fraction of sp³-hybridized carbons (Fsp3) is 0.111. The predicted octanol–water partition coefficient (Wildman–Crippen LogP) is 3.82. The molecule has 0 aliphatic carbocycles. The first kappa shape index (κ1) is 9.01. The lowest BCUT2D eigenvalue weighted by Crippen LogP contribution is -1.73. The van der Waals surface area contributed by atoms with Crippen LogP contribution < -0.4 is 0 Å². The van der Waals surface area contributed by atoms with Crippen LogP contribution in [-0.2, 0) is 0 Å². The van der Waals surface area contributed by atoms with Crippen LogP contribution in [0.4, 0.5) is 0 Å². The monoisotopic (exact) mass is 274 g/mol. The van der Waals surface area contributed by atoms with E-state index in [2.05, 4.69) is 50.1 Å². The summed E-state index contributed by atoms with van der Waals surface area (Å²) in [5.74, 6) is 0. The van der Waals surface area contributed by atoms with Crippen molar-refractivity contribution in [1.82, 2.24) is 0 Å². The first-order valence-corrected chi connectivity index (χ1v) is 5.21. The summed E-state index contributed by atoms with van der Waals surface area (Å²) in [6.45, 7) is 0. The molecule has 0 aromatic heterocycles. The number of allylic oxidation sites excluding steroid dienone is 1. The van der Waals surface area contributed by atoms with Crippen LogP contribution in [0.25, 0.3) is 6.08 Å². The summed E-state index contributed by atoms with van der Waals surface area (Å²) < 4.78 is 1.16. The van der Waals surface area contributed by atoms with Gasteiger partial charge in [0.05, 0.1) is 0 Å². The van der Waals surface area contributed by atoms with Crippen LogP contribution in [0.1, 0.15) is 5.56 Å². The highest BCUT2D eigenvalue weighted by atomic mass is 79.9. The molecule has 1 aromatic carbocycles. The molecule has 0 spiro atoms. The van der Waals surface area contributed by atoms with E-state index in [1.807, 2.05) is 18.2 Å². The van der Waals surface area contributed by atoms with Gasteiger partial charge in [0.15, 0.2) is 0 Å². The maximum atomic E-state index is 3.43. The molecular formula is C9H8Br2. The van der Waals surface area contributed by atoms with Gasteiger partial charge in [-0.25, -0.2) is 0 Å². The minimum Gasteiger partial charge on any atom is -0.0870 e. The third-order valence-electron chi connectivity index (χ3n) is 1.25. The normalized spacial score (nSPS) is 11.6. The molecule has 11 heavy (non-hydrogen) atoms. The van der Waals surface area contributed by atoms with Gasteiger partial charge in [0.25, 0.3) is 0 Å². The van der Waals surface area contributed by atoms with Crippen LogP contribution in [0.5, 0.6) is 0 Å². The van der Waals surface area contributed by atoms with Crippen LogP contribution >= 0.6 is 31.9 Å². The van der Waals surface area contributed by atoms with Crippen LogP contribution in [0.3, 0.4) is 0 Å². The van der Waals surface area contributed by atoms with Crippen molar-refractivity contribution in [2.24, 2.45) is 0 Å². The third kappa shape index (κ3) is 3.21. The zero-order valence-corrected chi connectivity index (χ0v) is 9.10. The Kier molecular flexibility index (Phi) is 3.87. The molecular weight excluding hydrogens is 268 g/mol. The fourth-order valence-corrected chi connectivity index (χ4v) is 1.19. The molecule has 0 radical (unpaired) electrons.